The maximum Gasteiger partial charge on any atom is 0.185 e. The van der Waals surface area contributed by atoms with Gasteiger partial charge in [-0.25, -0.2) is 0 Å². The highest BCUT2D eigenvalue weighted by Crippen LogP contribution is 2.50. The average Bonchev–Trinajstić information content (AvgIpc) is 2.76. The molecule has 1 saturated carbocycles. The van der Waals surface area contributed by atoms with E-state index >= 15 is 0 Å². The van der Waals surface area contributed by atoms with Crippen molar-refractivity contribution in [3.05, 3.63) is 0 Å². The minimum Gasteiger partial charge on any atom is -0.380 e. The average molecular weight is 226 g/mol. The fourth-order valence-electron chi connectivity index (χ4n) is 3.32. The van der Waals surface area contributed by atoms with Crippen LogP contribution in [0.5, 0.6) is 0 Å². The van der Waals surface area contributed by atoms with Crippen molar-refractivity contribution in [3.8, 4) is 0 Å². The molecular formula is C12H18O4. The molecule has 2 saturated heterocycles. The molecule has 2 spiro atoms. The van der Waals surface area contributed by atoms with Crippen molar-refractivity contribution in [2.24, 2.45) is 5.41 Å². The molecule has 16 heavy (non-hydrogen) atoms. The summed E-state index contributed by atoms with van der Waals surface area (Å²) in [6.07, 6.45) is 4.27. The lowest BCUT2D eigenvalue weighted by molar-refractivity contribution is -0.278. The zero-order valence-electron chi connectivity index (χ0n) is 9.50. The van der Waals surface area contributed by atoms with E-state index in [0.717, 1.165) is 19.3 Å². The predicted octanol–water partition coefficient (Wildman–Crippen LogP) is 1.28. The van der Waals surface area contributed by atoms with Crippen LogP contribution in [0.15, 0.2) is 0 Å². The Hall–Kier alpha value is -0.450. The third kappa shape index (κ3) is 1.30. The van der Waals surface area contributed by atoms with Crippen molar-refractivity contribution in [1.82, 2.24) is 0 Å². The van der Waals surface area contributed by atoms with Gasteiger partial charge in [0, 0.05) is 12.8 Å². The van der Waals surface area contributed by atoms with E-state index in [1.54, 1.807) is 0 Å². The molecule has 3 rings (SSSR count). The molecular weight excluding hydrogens is 208 g/mol. The van der Waals surface area contributed by atoms with Crippen LogP contribution in [0.2, 0.25) is 0 Å². The maximum atomic E-state index is 12.3. The molecule has 0 N–H and O–H groups in total. The van der Waals surface area contributed by atoms with E-state index in [0.29, 0.717) is 39.3 Å². The first-order chi connectivity index (χ1) is 7.79. The van der Waals surface area contributed by atoms with Gasteiger partial charge < -0.3 is 14.2 Å². The highest BCUT2D eigenvalue weighted by atomic mass is 16.7. The second kappa shape index (κ2) is 3.79. The number of hydrogen-bond acceptors (Lipinski definition) is 4. The van der Waals surface area contributed by atoms with Gasteiger partial charge in [-0.3, -0.25) is 4.79 Å². The van der Waals surface area contributed by atoms with Crippen molar-refractivity contribution in [3.63, 3.8) is 0 Å². The number of carbonyl (C=O) groups is 1. The molecule has 0 unspecified atom stereocenters. The van der Waals surface area contributed by atoms with Crippen LogP contribution in [0, 0.1) is 5.41 Å². The number of Topliss-reactive ketones (excluding diaryl/α,β-unsaturated/α-hetero) is 1. The molecule has 0 aromatic heterocycles. The maximum absolute atomic E-state index is 12.3. The number of ketones is 1. The molecule has 1 aliphatic carbocycles. The van der Waals surface area contributed by atoms with Crippen LogP contribution in [-0.2, 0) is 19.0 Å². The van der Waals surface area contributed by atoms with Gasteiger partial charge in [0.15, 0.2) is 5.79 Å². The number of rotatable bonds is 0. The number of fused-ring (bicyclic) bond motifs is 1. The summed E-state index contributed by atoms with van der Waals surface area (Å²) in [6.45, 7) is 2.32. The highest BCUT2D eigenvalue weighted by Gasteiger charge is 2.61. The SMILES string of the molecule is O=C1CCCC[C@@]12COCCC21OCCO1. The van der Waals surface area contributed by atoms with Gasteiger partial charge in [-0.15, -0.1) is 0 Å². The largest absolute Gasteiger partial charge is 0.380 e. The quantitative estimate of drug-likeness (QED) is 0.624. The molecule has 0 bridgehead atoms. The third-order valence-electron chi connectivity index (χ3n) is 4.20. The Morgan fingerprint density at radius 3 is 2.56 bits per heavy atom. The Balaban J connectivity index is 1.97. The number of ether oxygens (including phenoxy) is 3. The molecule has 0 amide bonds. The van der Waals surface area contributed by atoms with Crippen molar-refractivity contribution < 1.29 is 19.0 Å². The van der Waals surface area contributed by atoms with Crippen LogP contribution >= 0.6 is 0 Å². The van der Waals surface area contributed by atoms with Crippen molar-refractivity contribution >= 4 is 5.78 Å². The molecule has 2 heterocycles. The molecule has 1 atom stereocenters. The molecule has 0 aromatic rings. The zero-order valence-corrected chi connectivity index (χ0v) is 9.50. The summed E-state index contributed by atoms with van der Waals surface area (Å²) in [7, 11) is 0. The Morgan fingerprint density at radius 2 is 1.81 bits per heavy atom. The molecule has 0 aromatic carbocycles. The van der Waals surface area contributed by atoms with E-state index in [1.807, 2.05) is 0 Å². The molecule has 90 valence electrons. The molecule has 2 aliphatic heterocycles. The van der Waals surface area contributed by atoms with Crippen molar-refractivity contribution in [2.75, 3.05) is 26.4 Å². The second-order valence-corrected chi connectivity index (χ2v) is 4.96. The third-order valence-corrected chi connectivity index (χ3v) is 4.20. The lowest BCUT2D eigenvalue weighted by atomic mass is 9.66. The summed E-state index contributed by atoms with van der Waals surface area (Å²) in [6, 6.07) is 0. The fraction of sp³-hybridized carbons (Fsp3) is 0.917. The Kier molecular flexibility index (Phi) is 2.53. The van der Waals surface area contributed by atoms with Crippen LogP contribution < -0.4 is 0 Å². The minimum atomic E-state index is -0.664. The topological polar surface area (TPSA) is 44.8 Å². The van der Waals surface area contributed by atoms with Gasteiger partial charge in [0.1, 0.15) is 11.2 Å². The van der Waals surface area contributed by atoms with Crippen LogP contribution in [0.3, 0.4) is 0 Å². The predicted molar refractivity (Wildman–Crippen MR) is 56.0 cm³/mol. The molecule has 4 heteroatoms. The van der Waals surface area contributed by atoms with Gasteiger partial charge in [0.2, 0.25) is 0 Å². The molecule has 3 aliphatic rings. The van der Waals surface area contributed by atoms with E-state index in [4.69, 9.17) is 14.2 Å². The summed E-state index contributed by atoms with van der Waals surface area (Å²) in [5.74, 6) is -0.386. The monoisotopic (exact) mass is 226 g/mol. The minimum absolute atomic E-state index is 0.278. The van der Waals surface area contributed by atoms with Gasteiger partial charge in [0.05, 0.1) is 26.4 Å². The number of carbonyl (C=O) groups excluding carboxylic acids is 1. The van der Waals surface area contributed by atoms with E-state index < -0.39 is 11.2 Å². The van der Waals surface area contributed by atoms with E-state index in [1.165, 1.54) is 0 Å². The first kappa shape index (κ1) is 10.7. The van der Waals surface area contributed by atoms with Crippen molar-refractivity contribution in [1.29, 1.82) is 0 Å². The normalized spacial score (nSPS) is 38.4. The Morgan fingerprint density at radius 1 is 1.00 bits per heavy atom. The van der Waals surface area contributed by atoms with Gasteiger partial charge in [-0.2, -0.15) is 0 Å². The summed E-state index contributed by atoms with van der Waals surface area (Å²) in [5, 5.41) is 0. The molecule has 4 nitrogen and oxygen atoms in total. The summed E-state index contributed by atoms with van der Waals surface area (Å²) >= 11 is 0. The number of hydrogen-bond donors (Lipinski definition) is 0. The van der Waals surface area contributed by atoms with Crippen molar-refractivity contribution in [2.45, 2.75) is 37.9 Å². The smallest absolute Gasteiger partial charge is 0.185 e. The van der Waals surface area contributed by atoms with E-state index in [2.05, 4.69) is 0 Å². The van der Waals surface area contributed by atoms with E-state index in [-0.39, 0.29) is 5.78 Å². The van der Waals surface area contributed by atoms with Crippen LogP contribution in [0.25, 0.3) is 0 Å². The van der Waals surface area contributed by atoms with Crippen LogP contribution in [-0.4, -0.2) is 38.0 Å². The summed E-state index contributed by atoms with van der Waals surface area (Å²) < 4.78 is 17.2. The highest BCUT2D eigenvalue weighted by molar-refractivity contribution is 5.87. The zero-order chi connectivity index (χ0) is 11.1. The first-order valence-electron chi connectivity index (χ1n) is 6.18. The standard InChI is InChI=1S/C12H18O4/c13-10-3-1-2-4-11(10)9-14-6-5-12(11)15-7-8-16-12/h1-9H2/t11-/m1/s1. The van der Waals surface area contributed by atoms with E-state index in [9.17, 15) is 4.79 Å². The lowest BCUT2D eigenvalue weighted by Gasteiger charge is -2.49. The summed E-state index contributed by atoms with van der Waals surface area (Å²) in [5.41, 5.74) is -0.514. The Bertz CT molecular complexity index is 289. The van der Waals surface area contributed by atoms with Gasteiger partial charge in [-0.05, 0) is 12.8 Å². The van der Waals surface area contributed by atoms with Crippen LogP contribution in [0.1, 0.15) is 32.1 Å². The van der Waals surface area contributed by atoms with Crippen LogP contribution in [0.4, 0.5) is 0 Å². The van der Waals surface area contributed by atoms with Gasteiger partial charge >= 0.3 is 0 Å². The fourth-order valence-corrected chi connectivity index (χ4v) is 3.32. The first-order valence-corrected chi connectivity index (χ1v) is 6.18. The lowest BCUT2D eigenvalue weighted by Crippen LogP contribution is -2.60. The molecule has 3 fully saturated rings. The van der Waals surface area contributed by atoms with Gasteiger partial charge in [-0.1, -0.05) is 6.42 Å². The molecule has 0 radical (unpaired) electrons. The second-order valence-electron chi connectivity index (χ2n) is 4.96. The Labute approximate surface area is 95.2 Å². The van der Waals surface area contributed by atoms with Gasteiger partial charge in [0.25, 0.3) is 0 Å². The summed E-state index contributed by atoms with van der Waals surface area (Å²) in [4.78, 5) is 12.3.